The molecule has 0 bridgehead atoms. The second-order valence-corrected chi connectivity index (χ2v) is 7.04. The van der Waals surface area contributed by atoms with Gasteiger partial charge in [0.15, 0.2) is 0 Å². The van der Waals surface area contributed by atoms with Crippen molar-refractivity contribution in [2.45, 2.75) is 10.6 Å². The Morgan fingerprint density at radius 3 is 0.818 bits per heavy atom. The Kier molecular flexibility index (Phi) is 28.0. The Morgan fingerprint density at radius 2 is 0.818 bits per heavy atom. The van der Waals surface area contributed by atoms with Gasteiger partial charge in [-0.25, -0.2) is 0 Å². The van der Waals surface area contributed by atoms with Crippen LogP contribution in [0.4, 0.5) is 0 Å². The summed E-state index contributed by atoms with van der Waals surface area (Å²) < 4.78 is 19.1. The maximum absolute atomic E-state index is 9.56. The van der Waals surface area contributed by atoms with E-state index in [1.165, 1.54) is 0 Å². The summed E-state index contributed by atoms with van der Waals surface area (Å²) >= 11 is 0.583. The first kappa shape index (κ1) is 17.9. The van der Waals surface area contributed by atoms with Crippen LogP contribution in [0.25, 0.3) is 0 Å². The van der Waals surface area contributed by atoms with Gasteiger partial charge in [0.2, 0.25) is 0 Å². The minimum atomic E-state index is -0.611. The first-order valence-electron chi connectivity index (χ1n) is 2.60. The van der Waals surface area contributed by atoms with Crippen LogP contribution < -0.4 is 0 Å². The van der Waals surface area contributed by atoms with Crippen LogP contribution in [-0.2, 0) is 40.2 Å². The molecule has 0 unspecified atom stereocenters. The topological polar surface area (TPSA) is 34.1 Å². The third-order valence-electron chi connectivity index (χ3n) is 0. The van der Waals surface area contributed by atoms with Crippen LogP contribution in [0.5, 0.6) is 0 Å². The number of hydrogen-bond donors (Lipinski definition) is 0. The molecule has 2 nitrogen and oxygen atoms in total. The second kappa shape index (κ2) is 17.2. The van der Waals surface area contributed by atoms with Gasteiger partial charge in [0.1, 0.15) is 0 Å². The summed E-state index contributed by atoms with van der Waals surface area (Å²) in [6.45, 7) is 0. The van der Waals surface area contributed by atoms with E-state index in [-0.39, 0.29) is 0 Å². The van der Waals surface area contributed by atoms with Gasteiger partial charge in [-0.1, -0.05) is 0 Å². The number of rotatable bonds is 0. The van der Waals surface area contributed by atoms with Crippen LogP contribution in [0.2, 0.25) is 10.6 Å². The molecule has 0 aliphatic carbocycles. The van der Waals surface area contributed by atoms with E-state index in [2.05, 4.69) is 10.6 Å². The van der Waals surface area contributed by atoms with E-state index in [0.29, 0.717) is 18.6 Å². The van der Waals surface area contributed by atoms with Crippen LogP contribution in [0.1, 0.15) is 0 Å². The normalized spacial score (nSPS) is 8.36. The standard InChI is InChI=1S/2C2H6OS.2CH3.Pt/c2*1-4(2)3;;;/h2*1-2H3;2*1H3;. The Bertz CT molecular complexity index is 86.8. The van der Waals surface area contributed by atoms with E-state index in [1.807, 2.05) is 0 Å². The monoisotopic (exact) mass is 381 g/mol. The first-order valence-corrected chi connectivity index (χ1v) is 11.1. The molecule has 0 aliphatic heterocycles. The maximum atomic E-state index is 9.56. The van der Waals surface area contributed by atoms with Gasteiger partial charge in [-0.3, -0.25) is 8.42 Å². The SMILES string of the molecule is CS(C)=O.CS(C)=O.[CH3][Pt][CH3]. The molecule has 0 amide bonds. The van der Waals surface area contributed by atoms with E-state index >= 15 is 0 Å². The molecule has 0 fully saturated rings. The van der Waals surface area contributed by atoms with Gasteiger partial charge in [-0.15, -0.1) is 0 Å². The van der Waals surface area contributed by atoms with Crippen molar-refractivity contribution in [1.82, 2.24) is 0 Å². The zero-order chi connectivity index (χ0) is 9.86. The molecule has 0 saturated heterocycles. The average Bonchev–Trinajstić information content (AvgIpc) is 1.60. The van der Waals surface area contributed by atoms with Gasteiger partial charge in [-0.05, 0) is 0 Å². The Hall–Kier alpha value is 0.988. The van der Waals surface area contributed by atoms with Gasteiger partial charge in [0.05, 0.1) is 0 Å². The van der Waals surface area contributed by atoms with Crippen molar-refractivity contribution in [1.29, 1.82) is 0 Å². The molecule has 0 N–H and O–H groups in total. The molecule has 5 heteroatoms. The molecule has 0 aliphatic rings. The Balaban J connectivity index is -0.0000000886. The van der Waals surface area contributed by atoms with Crippen LogP contribution in [0.3, 0.4) is 0 Å². The van der Waals surface area contributed by atoms with Crippen molar-refractivity contribution in [3.63, 3.8) is 0 Å². The predicted molar refractivity (Wildman–Crippen MR) is 51.7 cm³/mol. The van der Waals surface area contributed by atoms with Crippen molar-refractivity contribution in [3.05, 3.63) is 0 Å². The van der Waals surface area contributed by atoms with Crippen molar-refractivity contribution in [3.8, 4) is 0 Å². The van der Waals surface area contributed by atoms with Crippen molar-refractivity contribution >= 4 is 21.6 Å². The summed E-state index contributed by atoms with van der Waals surface area (Å²) in [5.41, 5.74) is 0. The van der Waals surface area contributed by atoms with E-state index in [0.717, 1.165) is 0 Å². The van der Waals surface area contributed by atoms with Crippen LogP contribution in [0, 0.1) is 0 Å². The zero-order valence-electron chi connectivity index (χ0n) is 7.95. The van der Waals surface area contributed by atoms with Gasteiger partial charge >= 0.3 is 29.2 Å². The van der Waals surface area contributed by atoms with Crippen molar-refractivity contribution < 1.29 is 27.0 Å². The molecule has 0 saturated carbocycles. The van der Waals surface area contributed by atoms with Crippen LogP contribution >= 0.6 is 0 Å². The van der Waals surface area contributed by atoms with E-state index in [9.17, 15) is 8.42 Å². The quantitative estimate of drug-likeness (QED) is 0.631. The van der Waals surface area contributed by atoms with Gasteiger partial charge in [0.25, 0.3) is 0 Å². The van der Waals surface area contributed by atoms with Crippen molar-refractivity contribution in [2.75, 3.05) is 25.0 Å². The summed E-state index contributed by atoms with van der Waals surface area (Å²) in [4.78, 5) is 0. The minimum absolute atomic E-state index is 0.583. The molecule has 0 heterocycles. The molecule has 11 heavy (non-hydrogen) atoms. The zero-order valence-corrected chi connectivity index (χ0v) is 11.9. The van der Waals surface area contributed by atoms with Crippen LogP contribution in [-0.4, -0.2) is 33.4 Å². The third kappa shape index (κ3) is 909. The predicted octanol–water partition coefficient (Wildman–Crippen LogP) is 1.15. The van der Waals surface area contributed by atoms with Gasteiger partial charge in [-0.2, -0.15) is 0 Å². The van der Waals surface area contributed by atoms with Gasteiger partial charge < -0.3 is 0 Å². The molecular weight excluding hydrogens is 363 g/mol. The molecule has 0 aromatic carbocycles. The Labute approximate surface area is 84.0 Å². The van der Waals surface area contributed by atoms with E-state index in [4.69, 9.17) is 0 Å². The fourth-order valence-corrected chi connectivity index (χ4v) is 0. The summed E-state index contributed by atoms with van der Waals surface area (Å²) in [7, 11) is -1.22. The fraction of sp³-hybridized carbons (Fsp3) is 1.00. The van der Waals surface area contributed by atoms with Gasteiger partial charge in [0, 0.05) is 46.6 Å². The summed E-state index contributed by atoms with van der Waals surface area (Å²) in [6, 6.07) is 0. The summed E-state index contributed by atoms with van der Waals surface area (Å²) in [5, 5.41) is 4.47. The Morgan fingerprint density at radius 1 is 0.818 bits per heavy atom. The third-order valence-corrected chi connectivity index (χ3v) is 0. The van der Waals surface area contributed by atoms with E-state index < -0.39 is 21.6 Å². The molecule has 0 atom stereocenters. The molecule has 0 spiro atoms. The van der Waals surface area contributed by atoms with Crippen molar-refractivity contribution in [2.24, 2.45) is 0 Å². The summed E-state index contributed by atoms with van der Waals surface area (Å²) in [5.74, 6) is 0. The molecule has 76 valence electrons. The summed E-state index contributed by atoms with van der Waals surface area (Å²) in [6.07, 6.45) is 6.56. The van der Waals surface area contributed by atoms with E-state index in [1.54, 1.807) is 25.0 Å². The fourth-order valence-electron chi connectivity index (χ4n) is 0. The molecule has 0 radical (unpaired) electrons. The molecule has 0 aromatic heterocycles. The first-order chi connectivity index (χ1) is 4.88. The average molecular weight is 381 g/mol. The molecule has 0 rings (SSSR count). The van der Waals surface area contributed by atoms with Crippen LogP contribution in [0.15, 0.2) is 0 Å². The molecule has 0 aromatic rings. The second-order valence-electron chi connectivity index (χ2n) is 1.80. The number of hydrogen-bond acceptors (Lipinski definition) is 2. The molecular formula is C6H18O2PtS2.